The fourth-order valence-corrected chi connectivity index (χ4v) is 1.94. The number of carboxylic acid groups (broad SMARTS) is 1. The predicted octanol–water partition coefficient (Wildman–Crippen LogP) is 2.43. The van der Waals surface area contributed by atoms with Crippen molar-refractivity contribution in [2.45, 2.75) is 6.92 Å². The van der Waals surface area contributed by atoms with Crippen LogP contribution in [0.2, 0.25) is 0 Å². The van der Waals surface area contributed by atoms with E-state index in [0.717, 1.165) is 10.5 Å². The molecule has 0 heterocycles. The number of aryl methyl sites for hydroxylation is 1. The van der Waals surface area contributed by atoms with Crippen molar-refractivity contribution in [2.75, 3.05) is 11.4 Å². The molecule has 0 fully saturated rings. The van der Waals surface area contributed by atoms with Gasteiger partial charge in [0.15, 0.2) is 0 Å². The molecule has 0 radical (unpaired) electrons. The number of amides is 1. The van der Waals surface area contributed by atoms with E-state index >= 15 is 0 Å². The van der Waals surface area contributed by atoms with Crippen LogP contribution in [0.15, 0.2) is 48.5 Å². The fourth-order valence-electron chi connectivity index (χ4n) is 1.94. The standard InChI is InChI=1S/C16H15NO4/c1-11-5-7-13(8-6-11)17(10-15(19)20)16(21)12-3-2-4-14(18)9-12/h2-9,18H,10H2,1H3,(H,19,20). The van der Waals surface area contributed by atoms with Crippen molar-refractivity contribution in [2.24, 2.45) is 0 Å². The number of aromatic hydroxyl groups is 1. The maximum absolute atomic E-state index is 12.5. The molecular weight excluding hydrogens is 270 g/mol. The van der Waals surface area contributed by atoms with Crippen molar-refractivity contribution < 1.29 is 19.8 Å². The number of phenolic OH excluding ortho intramolecular Hbond substituents is 1. The van der Waals surface area contributed by atoms with Crippen molar-refractivity contribution in [3.63, 3.8) is 0 Å². The van der Waals surface area contributed by atoms with E-state index in [1.54, 1.807) is 24.3 Å². The van der Waals surface area contributed by atoms with Gasteiger partial charge in [0.05, 0.1) is 0 Å². The molecule has 108 valence electrons. The molecule has 0 saturated carbocycles. The number of benzene rings is 2. The summed E-state index contributed by atoms with van der Waals surface area (Å²) >= 11 is 0. The molecule has 2 rings (SSSR count). The molecule has 0 aliphatic heterocycles. The molecule has 0 bridgehead atoms. The molecule has 0 spiro atoms. The Bertz CT molecular complexity index is 664. The number of nitrogens with zero attached hydrogens (tertiary/aromatic N) is 1. The van der Waals surface area contributed by atoms with Crippen molar-refractivity contribution in [1.82, 2.24) is 0 Å². The Labute approximate surface area is 122 Å². The maximum atomic E-state index is 12.5. The summed E-state index contributed by atoms with van der Waals surface area (Å²) in [5.74, 6) is -1.62. The Hall–Kier alpha value is -2.82. The van der Waals surface area contributed by atoms with Crippen LogP contribution < -0.4 is 4.90 Å². The zero-order valence-corrected chi connectivity index (χ0v) is 11.5. The van der Waals surface area contributed by atoms with Crippen LogP contribution in [0.25, 0.3) is 0 Å². The van der Waals surface area contributed by atoms with Gasteiger partial charge in [0.2, 0.25) is 0 Å². The summed E-state index contributed by atoms with van der Waals surface area (Å²) in [5, 5.41) is 18.5. The van der Waals surface area contributed by atoms with Crippen LogP contribution in [0.4, 0.5) is 5.69 Å². The lowest BCUT2D eigenvalue weighted by atomic mass is 10.1. The van der Waals surface area contributed by atoms with Crippen LogP contribution in [0.1, 0.15) is 15.9 Å². The molecule has 5 nitrogen and oxygen atoms in total. The molecule has 2 N–H and O–H groups in total. The van der Waals surface area contributed by atoms with E-state index in [-0.39, 0.29) is 11.3 Å². The van der Waals surface area contributed by atoms with E-state index in [9.17, 15) is 14.7 Å². The van der Waals surface area contributed by atoms with Gasteiger partial charge in [0.1, 0.15) is 12.3 Å². The first-order valence-corrected chi connectivity index (χ1v) is 6.37. The third-order valence-electron chi connectivity index (χ3n) is 2.98. The lowest BCUT2D eigenvalue weighted by molar-refractivity contribution is -0.135. The first-order chi connectivity index (χ1) is 9.97. The number of rotatable bonds is 4. The number of carbonyl (C=O) groups excluding carboxylic acids is 1. The zero-order chi connectivity index (χ0) is 15.4. The number of anilines is 1. The molecule has 0 aromatic heterocycles. The van der Waals surface area contributed by atoms with Crippen LogP contribution in [-0.2, 0) is 4.79 Å². The van der Waals surface area contributed by atoms with Gasteiger partial charge < -0.3 is 10.2 Å². The third-order valence-corrected chi connectivity index (χ3v) is 2.98. The van der Waals surface area contributed by atoms with Gasteiger partial charge in [-0.05, 0) is 37.3 Å². The summed E-state index contributed by atoms with van der Waals surface area (Å²) < 4.78 is 0. The highest BCUT2D eigenvalue weighted by atomic mass is 16.4. The van der Waals surface area contributed by atoms with Gasteiger partial charge in [-0.3, -0.25) is 14.5 Å². The molecule has 0 saturated heterocycles. The third kappa shape index (κ3) is 3.60. The largest absolute Gasteiger partial charge is 0.508 e. The van der Waals surface area contributed by atoms with Gasteiger partial charge in [0.25, 0.3) is 5.91 Å². The van der Waals surface area contributed by atoms with Crippen LogP contribution in [0, 0.1) is 6.92 Å². The SMILES string of the molecule is Cc1ccc(N(CC(=O)O)C(=O)c2cccc(O)c2)cc1. The molecule has 0 atom stereocenters. The van der Waals surface area contributed by atoms with Crippen LogP contribution in [-0.4, -0.2) is 28.6 Å². The molecule has 21 heavy (non-hydrogen) atoms. The van der Waals surface area contributed by atoms with Crippen molar-refractivity contribution in [3.8, 4) is 5.75 Å². The first-order valence-electron chi connectivity index (χ1n) is 6.37. The minimum atomic E-state index is -1.11. The second kappa shape index (κ2) is 6.09. The van der Waals surface area contributed by atoms with E-state index in [1.165, 1.54) is 24.3 Å². The second-order valence-electron chi connectivity index (χ2n) is 4.67. The monoisotopic (exact) mass is 285 g/mol. The Balaban J connectivity index is 2.38. The maximum Gasteiger partial charge on any atom is 0.323 e. The lowest BCUT2D eigenvalue weighted by Gasteiger charge is -2.21. The number of carboxylic acids is 1. The summed E-state index contributed by atoms with van der Waals surface area (Å²) in [6.45, 7) is 1.46. The summed E-state index contributed by atoms with van der Waals surface area (Å²) in [5.41, 5.74) is 1.74. The van der Waals surface area contributed by atoms with Gasteiger partial charge in [0, 0.05) is 11.3 Å². The topological polar surface area (TPSA) is 77.8 Å². The minimum Gasteiger partial charge on any atom is -0.508 e. The second-order valence-corrected chi connectivity index (χ2v) is 4.67. The quantitative estimate of drug-likeness (QED) is 0.904. The molecule has 0 aliphatic carbocycles. The van der Waals surface area contributed by atoms with Gasteiger partial charge in [-0.2, -0.15) is 0 Å². The fraction of sp³-hybridized carbons (Fsp3) is 0.125. The summed E-state index contributed by atoms with van der Waals surface area (Å²) in [6.07, 6.45) is 0. The van der Waals surface area contributed by atoms with E-state index in [4.69, 9.17) is 5.11 Å². The number of hydrogen-bond donors (Lipinski definition) is 2. The molecule has 0 unspecified atom stereocenters. The molecule has 0 aliphatic rings. The molecule has 1 amide bonds. The average molecular weight is 285 g/mol. The number of carbonyl (C=O) groups is 2. The first kappa shape index (κ1) is 14.6. The summed E-state index contributed by atoms with van der Waals surface area (Å²) in [7, 11) is 0. The van der Waals surface area contributed by atoms with Crippen molar-refractivity contribution in [3.05, 3.63) is 59.7 Å². The Kier molecular flexibility index (Phi) is 4.23. The van der Waals surface area contributed by atoms with E-state index in [1.807, 2.05) is 6.92 Å². The van der Waals surface area contributed by atoms with Gasteiger partial charge in [-0.25, -0.2) is 0 Å². The van der Waals surface area contributed by atoms with E-state index in [2.05, 4.69) is 0 Å². The van der Waals surface area contributed by atoms with Crippen molar-refractivity contribution >= 4 is 17.6 Å². The Morgan fingerprint density at radius 3 is 2.33 bits per heavy atom. The molecular formula is C16H15NO4. The average Bonchev–Trinajstić information content (AvgIpc) is 2.45. The highest BCUT2D eigenvalue weighted by molar-refractivity contribution is 6.08. The summed E-state index contributed by atoms with van der Waals surface area (Å²) in [6, 6.07) is 12.8. The van der Waals surface area contributed by atoms with Gasteiger partial charge in [-0.15, -0.1) is 0 Å². The van der Waals surface area contributed by atoms with Gasteiger partial charge in [-0.1, -0.05) is 23.8 Å². The number of phenols is 1. The number of hydrogen-bond acceptors (Lipinski definition) is 3. The lowest BCUT2D eigenvalue weighted by Crippen LogP contribution is -2.35. The van der Waals surface area contributed by atoms with Crippen LogP contribution >= 0.6 is 0 Å². The summed E-state index contributed by atoms with van der Waals surface area (Å²) in [4.78, 5) is 24.6. The highest BCUT2D eigenvalue weighted by Gasteiger charge is 2.20. The van der Waals surface area contributed by atoms with E-state index in [0.29, 0.717) is 5.69 Å². The predicted molar refractivity (Wildman–Crippen MR) is 78.6 cm³/mol. The molecule has 2 aromatic carbocycles. The van der Waals surface area contributed by atoms with Crippen molar-refractivity contribution in [1.29, 1.82) is 0 Å². The Morgan fingerprint density at radius 2 is 1.76 bits per heavy atom. The van der Waals surface area contributed by atoms with Crippen LogP contribution in [0.3, 0.4) is 0 Å². The minimum absolute atomic E-state index is 0.0416. The zero-order valence-electron chi connectivity index (χ0n) is 11.5. The number of aliphatic carboxylic acids is 1. The molecule has 5 heteroatoms. The van der Waals surface area contributed by atoms with Crippen LogP contribution in [0.5, 0.6) is 5.75 Å². The normalized spacial score (nSPS) is 10.1. The molecule has 2 aromatic rings. The smallest absolute Gasteiger partial charge is 0.323 e. The van der Waals surface area contributed by atoms with Gasteiger partial charge >= 0.3 is 5.97 Å². The van der Waals surface area contributed by atoms with E-state index < -0.39 is 18.4 Å². The highest BCUT2D eigenvalue weighted by Crippen LogP contribution is 2.20. The Morgan fingerprint density at radius 1 is 1.10 bits per heavy atom.